The second-order valence-corrected chi connectivity index (χ2v) is 4.06. The van der Waals surface area contributed by atoms with Gasteiger partial charge in [-0.3, -0.25) is 14.4 Å². The Balaban J connectivity index is 2.10. The maximum atomic E-state index is 11.8. The number of carbonyl (C=O) groups is 3. The van der Waals surface area contributed by atoms with E-state index in [1.54, 1.807) is 6.08 Å². The van der Waals surface area contributed by atoms with Crippen molar-refractivity contribution in [1.29, 1.82) is 0 Å². The smallest absolute Gasteiger partial charge is 0.260 e. The van der Waals surface area contributed by atoms with E-state index in [9.17, 15) is 14.4 Å². The molecule has 0 saturated carbocycles. The number of carbonyl (C=O) groups excluding carboxylic acids is 3. The molecule has 1 aliphatic rings. The van der Waals surface area contributed by atoms with Crippen molar-refractivity contribution in [3.8, 4) is 0 Å². The minimum atomic E-state index is -0.562. The van der Waals surface area contributed by atoms with E-state index in [0.717, 1.165) is 10.5 Å². The topological polar surface area (TPSA) is 54.5 Å². The summed E-state index contributed by atoms with van der Waals surface area (Å²) in [5, 5.41) is 0. The van der Waals surface area contributed by atoms with Crippen molar-refractivity contribution in [2.75, 3.05) is 0 Å². The van der Waals surface area contributed by atoms with Gasteiger partial charge in [-0.05, 0) is 18.1 Å². The Labute approximate surface area is 105 Å². The normalized spacial score (nSPS) is 16.3. The van der Waals surface area contributed by atoms with E-state index in [1.165, 1.54) is 6.08 Å². The van der Waals surface area contributed by atoms with Gasteiger partial charge in [-0.25, -0.2) is 4.90 Å². The van der Waals surface area contributed by atoms with Crippen molar-refractivity contribution >= 4 is 23.8 Å². The lowest BCUT2D eigenvalue weighted by Gasteiger charge is -2.21. The van der Waals surface area contributed by atoms with Gasteiger partial charge in [0.25, 0.3) is 5.91 Å². The number of amides is 3. The summed E-state index contributed by atoms with van der Waals surface area (Å²) in [7, 11) is 0. The fourth-order valence-electron chi connectivity index (χ4n) is 1.81. The van der Waals surface area contributed by atoms with E-state index >= 15 is 0 Å². The minimum Gasteiger partial charge on any atom is -0.274 e. The first-order valence-electron chi connectivity index (χ1n) is 5.81. The molecule has 1 aliphatic heterocycles. The lowest BCUT2D eigenvalue weighted by atomic mass is 10.1. The highest BCUT2D eigenvalue weighted by Gasteiger charge is 2.29. The molecule has 18 heavy (non-hydrogen) atoms. The van der Waals surface area contributed by atoms with Crippen LogP contribution in [0.5, 0.6) is 0 Å². The Morgan fingerprint density at radius 2 is 1.67 bits per heavy atom. The summed E-state index contributed by atoms with van der Waals surface area (Å²) >= 11 is 0. The van der Waals surface area contributed by atoms with Gasteiger partial charge in [-0.15, -0.1) is 0 Å². The Bertz CT molecular complexity index is 489. The Hall–Kier alpha value is -2.23. The lowest BCUT2D eigenvalue weighted by Crippen LogP contribution is -2.43. The van der Waals surface area contributed by atoms with Gasteiger partial charge in [0.2, 0.25) is 11.8 Å². The third kappa shape index (κ3) is 2.71. The number of rotatable bonds is 2. The molecule has 4 heteroatoms. The largest absolute Gasteiger partial charge is 0.274 e. The number of imide groups is 3. The summed E-state index contributed by atoms with van der Waals surface area (Å²) in [6.45, 7) is 0. The van der Waals surface area contributed by atoms with Gasteiger partial charge in [-0.1, -0.05) is 30.3 Å². The molecular weight excluding hydrogens is 230 g/mol. The van der Waals surface area contributed by atoms with E-state index in [2.05, 4.69) is 0 Å². The van der Waals surface area contributed by atoms with Gasteiger partial charge < -0.3 is 0 Å². The van der Waals surface area contributed by atoms with Crippen LogP contribution in [0.3, 0.4) is 0 Å². The molecule has 4 nitrogen and oxygen atoms in total. The van der Waals surface area contributed by atoms with Gasteiger partial charge in [0.05, 0.1) is 0 Å². The zero-order valence-corrected chi connectivity index (χ0v) is 9.83. The van der Waals surface area contributed by atoms with Crippen molar-refractivity contribution < 1.29 is 14.4 Å². The highest BCUT2D eigenvalue weighted by Crippen LogP contribution is 2.13. The quantitative estimate of drug-likeness (QED) is 0.587. The molecule has 0 spiro atoms. The maximum absolute atomic E-state index is 11.8. The van der Waals surface area contributed by atoms with Crippen LogP contribution in [0, 0.1) is 0 Å². The molecular formula is C14H13NO3. The predicted octanol–water partition coefficient (Wildman–Crippen LogP) is 1.77. The first kappa shape index (κ1) is 12.2. The second kappa shape index (κ2) is 5.40. The monoisotopic (exact) mass is 243 g/mol. The molecule has 0 N–H and O–H groups in total. The SMILES string of the molecule is O=C(/C=C/c1ccccc1)N1C(=O)CCCC1=O. The summed E-state index contributed by atoms with van der Waals surface area (Å²) in [5.74, 6) is -1.38. The molecule has 1 aromatic rings. The molecule has 0 radical (unpaired) electrons. The molecule has 0 atom stereocenters. The number of nitrogens with zero attached hydrogens (tertiary/aromatic N) is 1. The van der Waals surface area contributed by atoms with Crippen molar-refractivity contribution in [3.63, 3.8) is 0 Å². The Kier molecular flexibility index (Phi) is 3.67. The maximum Gasteiger partial charge on any atom is 0.260 e. The van der Waals surface area contributed by atoms with Crippen LogP contribution in [0.4, 0.5) is 0 Å². The lowest BCUT2D eigenvalue weighted by molar-refractivity contribution is -0.154. The summed E-state index contributed by atoms with van der Waals surface area (Å²) in [6, 6.07) is 9.24. The molecule has 0 bridgehead atoms. The summed E-state index contributed by atoms with van der Waals surface area (Å²) in [6.07, 6.45) is 3.91. The third-order valence-electron chi connectivity index (χ3n) is 2.72. The van der Waals surface area contributed by atoms with E-state index in [1.807, 2.05) is 30.3 Å². The molecule has 3 amide bonds. The fourth-order valence-corrected chi connectivity index (χ4v) is 1.81. The van der Waals surface area contributed by atoms with Crippen LogP contribution in [0.15, 0.2) is 36.4 Å². The molecule has 0 unspecified atom stereocenters. The fraction of sp³-hybridized carbons (Fsp3) is 0.214. The summed E-state index contributed by atoms with van der Waals surface area (Å²) < 4.78 is 0. The number of likely N-dealkylation sites (tertiary alicyclic amines) is 1. The van der Waals surface area contributed by atoms with Crippen molar-refractivity contribution in [2.24, 2.45) is 0 Å². The zero-order chi connectivity index (χ0) is 13.0. The minimum absolute atomic E-state index is 0.261. The van der Waals surface area contributed by atoms with Crippen molar-refractivity contribution in [1.82, 2.24) is 4.90 Å². The van der Waals surface area contributed by atoms with Gasteiger partial charge in [0, 0.05) is 18.9 Å². The van der Waals surface area contributed by atoms with Gasteiger partial charge >= 0.3 is 0 Å². The predicted molar refractivity (Wildman–Crippen MR) is 66.2 cm³/mol. The molecule has 2 rings (SSSR count). The van der Waals surface area contributed by atoms with Crippen LogP contribution >= 0.6 is 0 Å². The van der Waals surface area contributed by atoms with E-state index in [4.69, 9.17) is 0 Å². The summed E-state index contributed by atoms with van der Waals surface area (Å²) in [5.41, 5.74) is 0.850. The number of hydrogen-bond acceptors (Lipinski definition) is 3. The highest BCUT2D eigenvalue weighted by atomic mass is 16.2. The van der Waals surface area contributed by atoms with Crippen LogP contribution in [0.25, 0.3) is 6.08 Å². The van der Waals surface area contributed by atoms with Crippen LogP contribution in [0.2, 0.25) is 0 Å². The van der Waals surface area contributed by atoms with Crippen LogP contribution in [-0.4, -0.2) is 22.6 Å². The number of benzene rings is 1. The highest BCUT2D eigenvalue weighted by molar-refractivity contribution is 6.16. The van der Waals surface area contributed by atoms with Crippen LogP contribution in [0.1, 0.15) is 24.8 Å². The zero-order valence-electron chi connectivity index (χ0n) is 9.83. The first-order valence-corrected chi connectivity index (χ1v) is 5.81. The molecule has 0 aromatic heterocycles. The van der Waals surface area contributed by atoms with Gasteiger partial charge in [0.1, 0.15) is 0 Å². The van der Waals surface area contributed by atoms with Crippen molar-refractivity contribution in [3.05, 3.63) is 42.0 Å². The standard InChI is InChI=1S/C14H13NO3/c16-12-7-4-8-13(17)15(12)14(18)10-9-11-5-2-1-3-6-11/h1-3,5-6,9-10H,4,7-8H2/b10-9+. The molecule has 0 aliphatic carbocycles. The molecule has 1 heterocycles. The molecule has 1 fully saturated rings. The van der Waals surface area contributed by atoms with Gasteiger partial charge in [-0.2, -0.15) is 0 Å². The summed E-state index contributed by atoms with van der Waals surface area (Å²) in [4.78, 5) is 35.5. The third-order valence-corrected chi connectivity index (χ3v) is 2.72. The second-order valence-electron chi connectivity index (χ2n) is 4.06. The van der Waals surface area contributed by atoms with E-state index < -0.39 is 17.7 Å². The molecule has 1 aromatic carbocycles. The number of hydrogen-bond donors (Lipinski definition) is 0. The van der Waals surface area contributed by atoms with Crippen LogP contribution < -0.4 is 0 Å². The van der Waals surface area contributed by atoms with Crippen LogP contribution in [-0.2, 0) is 14.4 Å². The van der Waals surface area contributed by atoms with E-state index in [0.29, 0.717) is 6.42 Å². The molecule has 1 saturated heterocycles. The average Bonchev–Trinajstić information content (AvgIpc) is 2.37. The molecule has 92 valence electrons. The number of piperidine rings is 1. The Morgan fingerprint density at radius 1 is 1.06 bits per heavy atom. The average molecular weight is 243 g/mol. The Morgan fingerprint density at radius 3 is 2.28 bits per heavy atom. The van der Waals surface area contributed by atoms with E-state index in [-0.39, 0.29) is 12.8 Å². The van der Waals surface area contributed by atoms with Gasteiger partial charge in [0.15, 0.2) is 0 Å². The first-order chi connectivity index (χ1) is 8.68. The van der Waals surface area contributed by atoms with Crippen molar-refractivity contribution in [2.45, 2.75) is 19.3 Å².